The van der Waals surface area contributed by atoms with E-state index in [4.69, 9.17) is 0 Å². The van der Waals surface area contributed by atoms with Gasteiger partial charge in [0.25, 0.3) is 0 Å². The zero-order valence-corrected chi connectivity index (χ0v) is 13.2. The average Bonchev–Trinajstić information content (AvgIpc) is 2.93. The molecule has 4 heterocycles. The molecule has 1 spiro atoms. The van der Waals surface area contributed by atoms with Crippen molar-refractivity contribution in [1.82, 2.24) is 20.3 Å². The highest BCUT2D eigenvalue weighted by molar-refractivity contribution is 5.87. The first-order valence-electron chi connectivity index (χ1n) is 8.10. The van der Waals surface area contributed by atoms with E-state index in [2.05, 4.69) is 20.3 Å². The Balaban J connectivity index is 1.45. The van der Waals surface area contributed by atoms with Gasteiger partial charge in [-0.3, -0.25) is 9.78 Å². The van der Waals surface area contributed by atoms with Crippen molar-refractivity contribution >= 4 is 11.9 Å². The molecule has 2 aromatic heterocycles. The van der Waals surface area contributed by atoms with E-state index >= 15 is 0 Å². The number of aromatic nitrogens is 3. The molecule has 0 saturated carbocycles. The largest absolute Gasteiger partial charge is 0.350 e. The Kier molecular flexibility index (Phi) is 3.63. The minimum atomic E-state index is -0.436. The van der Waals surface area contributed by atoms with Crippen molar-refractivity contribution in [2.24, 2.45) is 0 Å². The number of nitrogens with zero attached hydrogens (tertiary/aromatic N) is 4. The van der Waals surface area contributed by atoms with Gasteiger partial charge in [0.2, 0.25) is 11.9 Å². The quantitative estimate of drug-likeness (QED) is 0.908. The summed E-state index contributed by atoms with van der Waals surface area (Å²) in [5.41, 5.74) is 0.796. The smallest absolute Gasteiger partial charge is 0.228 e. The summed E-state index contributed by atoms with van der Waals surface area (Å²) in [6.07, 6.45) is 8.30. The first-order chi connectivity index (χ1) is 11.7. The van der Waals surface area contributed by atoms with Crippen molar-refractivity contribution in [2.45, 2.75) is 30.7 Å². The van der Waals surface area contributed by atoms with E-state index in [1.807, 2.05) is 17.0 Å². The van der Waals surface area contributed by atoms with E-state index in [0.717, 1.165) is 37.9 Å². The molecule has 1 N–H and O–H groups in total. The van der Waals surface area contributed by atoms with E-state index in [9.17, 15) is 9.18 Å². The zero-order valence-electron chi connectivity index (χ0n) is 13.2. The van der Waals surface area contributed by atoms with Gasteiger partial charge in [-0.05, 0) is 30.9 Å². The topological polar surface area (TPSA) is 71.0 Å². The molecule has 0 aromatic carbocycles. The van der Waals surface area contributed by atoms with Gasteiger partial charge in [0.05, 0.1) is 18.3 Å². The molecular weight excluding hydrogens is 309 g/mol. The van der Waals surface area contributed by atoms with Gasteiger partial charge < -0.3 is 10.2 Å². The molecule has 0 bridgehead atoms. The Morgan fingerprint density at radius 2 is 1.96 bits per heavy atom. The average molecular weight is 327 g/mol. The Morgan fingerprint density at radius 1 is 1.21 bits per heavy atom. The summed E-state index contributed by atoms with van der Waals surface area (Å²) in [5, 5.41) is 3.20. The molecule has 2 aliphatic heterocycles. The molecule has 0 unspecified atom stereocenters. The lowest BCUT2D eigenvalue weighted by Gasteiger charge is -2.39. The van der Waals surface area contributed by atoms with Crippen LogP contribution in [0.5, 0.6) is 0 Å². The predicted octanol–water partition coefficient (Wildman–Crippen LogP) is 1.65. The number of carbonyl (C=O) groups excluding carboxylic acids is 1. The maximum atomic E-state index is 12.9. The monoisotopic (exact) mass is 327 g/mol. The third kappa shape index (κ3) is 2.70. The summed E-state index contributed by atoms with van der Waals surface area (Å²) in [6.45, 7) is 1.48. The molecule has 0 radical (unpaired) electrons. The van der Waals surface area contributed by atoms with Crippen LogP contribution >= 0.6 is 0 Å². The summed E-state index contributed by atoms with van der Waals surface area (Å²) in [4.78, 5) is 26.7. The first kappa shape index (κ1) is 15.0. The van der Waals surface area contributed by atoms with Gasteiger partial charge in [0.15, 0.2) is 5.82 Å². The summed E-state index contributed by atoms with van der Waals surface area (Å²) in [7, 11) is 0. The summed E-state index contributed by atoms with van der Waals surface area (Å²) in [6, 6.07) is 3.82. The van der Waals surface area contributed by atoms with Gasteiger partial charge in [-0.15, -0.1) is 0 Å². The Hall–Kier alpha value is -2.57. The van der Waals surface area contributed by atoms with Gasteiger partial charge in [-0.1, -0.05) is 6.07 Å². The molecule has 0 aliphatic carbocycles. The van der Waals surface area contributed by atoms with E-state index in [0.29, 0.717) is 5.95 Å². The molecule has 2 aliphatic rings. The molecule has 7 heteroatoms. The second-order valence-corrected chi connectivity index (χ2v) is 6.50. The van der Waals surface area contributed by atoms with E-state index in [-0.39, 0.29) is 17.4 Å². The molecule has 6 nitrogen and oxygen atoms in total. The highest BCUT2D eigenvalue weighted by Crippen LogP contribution is 2.39. The van der Waals surface area contributed by atoms with Crippen LogP contribution in [0.3, 0.4) is 0 Å². The van der Waals surface area contributed by atoms with Crippen LogP contribution in [0, 0.1) is 5.82 Å². The van der Waals surface area contributed by atoms with Gasteiger partial charge in [-0.25, -0.2) is 14.4 Å². The lowest BCUT2D eigenvalue weighted by molar-refractivity contribution is -0.121. The number of carbonyl (C=O) groups is 1. The van der Waals surface area contributed by atoms with Crippen LogP contribution in [0.4, 0.5) is 10.3 Å². The van der Waals surface area contributed by atoms with Crippen LogP contribution in [0.2, 0.25) is 0 Å². The fraction of sp³-hybridized carbons (Fsp3) is 0.412. The molecule has 4 rings (SSSR count). The fourth-order valence-electron chi connectivity index (χ4n) is 3.67. The molecule has 2 saturated heterocycles. The summed E-state index contributed by atoms with van der Waals surface area (Å²) in [5.74, 6) is 0.0517. The molecular formula is C17H18FN5O. The van der Waals surface area contributed by atoms with E-state index in [1.54, 1.807) is 12.4 Å². The number of amides is 1. The van der Waals surface area contributed by atoms with Gasteiger partial charge in [-0.2, -0.15) is 0 Å². The maximum Gasteiger partial charge on any atom is 0.228 e. The summed E-state index contributed by atoms with van der Waals surface area (Å²) < 4.78 is 12.9. The van der Waals surface area contributed by atoms with Crippen LogP contribution in [0.1, 0.15) is 30.7 Å². The third-order valence-electron chi connectivity index (χ3n) is 5.00. The first-order valence-corrected chi connectivity index (χ1v) is 8.10. The normalized spacial score (nSPS) is 22.6. The molecule has 1 atom stereocenters. The Bertz CT molecular complexity index is 728. The maximum absolute atomic E-state index is 12.9. The number of piperidine rings is 1. The highest BCUT2D eigenvalue weighted by Gasteiger charge is 2.46. The third-order valence-corrected chi connectivity index (χ3v) is 5.00. The van der Waals surface area contributed by atoms with Crippen molar-refractivity contribution in [3.63, 3.8) is 0 Å². The van der Waals surface area contributed by atoms with Crippen LogP contribution < -0.4 is 10.2 Å². The lowest BCUT2D eigenvalue weighted by Crippen LogP contribution is -2.51. The lowest BCUT2D eigenvalue weighted by atomic mass is 9.82. The Labute approximate surface area is 139 Å². The Morgan fingerprint density at radius 3 is 2.62 bits per heavy atom. The molecule has 24 heavy (non-hydrogen) atoms. The second-order valence-electron chi connectivity index (χ2n) is 6.50. The SMILES string of the molecule is O=C1NC2(CCN(c3ncc(F)cn3)CC2)C[C@H]1c1cccnc1. The van der Waals surface area contributed by atoms with Crippen LogP contribution in [-0.4, -0.2) is 39.5 Å². The zero-order chi connectivity index (χ0) is 16.6. The van der Waals surface area contributed by atoms with Crippen molar-refractivity contribution in [1.29, 1.82) is 0 Å². The molecule has 1 amide bonds. The highest BCUT2D eigenvalue weighted by atomic mass is 19.1. The minimum Gasteiger partial charge on any atom is -0.350 e. The van der Waals surface area contributed by atoms with Crippen molar-refractivity contribution < 1.29 is 9.18 Å². The molecule has 2 fully saturated rings. The number of halogens is 1. The van der Waals surface area contributed by atoms with Gasteiger partial charge >= 0.3 is 0 Å². The van der Waals surface area contributed by atoms with Crippen molar-refractivity contribution in [3.8, 4) is 0 Å². The number of pyridine rings is 1. The van der Waals surface area contributed by atoms with Gasteiger partial charge in [0, 0.05) is 31.0 Å². The van der Waals surface area contributed by atoms with Crippen LogP contribution in [0.15, 0.2) is 36.9 Å². The van der Waals surface area contributed by atoms with E-state index in [1.165, 1.54) is 12.4 Å². The van der Waals surface area contributed by atoms with Crippen molar-refractivity contribution in [3.05, 3.63) is 48.3 Å². The minimum absolute atomic E-state index is 0.0782. The van der Waals surface area contributed by atoms with Crippen molar-refractivity contribution in [2.75, 3.05) is 18.0 Å². The molecule has 124 valence electrons. The number of nitrogens with one attached hydrogen (secondary N) is 1. The van der Waals surface area contributed by atoms with E-state index < -0.39 is 5.82 Å². The molecule has 2 aromatic rings. The standard InChI is InChI=1S/C17H18FN5O/c18-13-10-20-16(21-11-13)23-6-3-17(4-7-23)8-14(15(24)22-17)12-2-1-5-19-9-12/h1-2,5,9-11,14H,3-4,6-8H2,(H,22,24)/t14-/m0/s1. The predicted molar refractivity (Wildman–Crippen MR) is 85.9 cm³/mol. The second kappa shape index (κ2) is 5.81. The fourth-order valence-corrected chi connectivity index (χ4v) is 3.67. The van der Waals surface area contributed by atoms with Crippen LogP contribution in [0.25, 0.3) is 0 Å². The van der Waals surface area contributed by atoms with Gasteiger partial charge in [0.1, 0.15) is 0 Å². The number of rotatable bonds is 2. The van der Waals surface area contributed by atoms with Crippen LogP contribution in [-0.2, 0) is 4.79 Å². The summed E-state index contributed by atoms with van der Waals surface area (Å²) >= 11 is 0. The number of anilines is 1. The number of hydrogen-bond donors (Lipinski definition) is 1. The number of hydrogen-bond acceptors (Lipinski definition) is 5.